The number of carbonyl (C=O) groups is 1. The minimum atomic E-state index is -0.408. The highest BCUT2D eigenvalue weighted by Gasteiger charge is 2.24. The van der Waals surface area contributed by atoms with Crippen LogP contribution in [0.3, 0.4) is 0 Å². The van der Waals surface area contributed by atoms with Crippen molar-refractivity contribution in [3.63, 3.8) is 0 Å². The lowest BCUT2D eigenvalue weighted by Crippen LogP contribution is -2.42. The summed E-state index contributed by atoms with van der Waals surface area (Å²) in [6.45, 7) is 3.90. The molecule has 0 radical (unpaired) electrons. The van der Waals surface area contributed by atoms with Crippen molar-refractivity contribution in [2.45, 2.75) is 64.5 Å². The molecule has 1 aliphatic carbocycles. The van der Waals surface area contributed by atoms with Gasteiger partial charge in [0.2, 0.25) is 0 Å². The Balaban J connectivity index is 2.20. The van der Waals surface area contributed by atoms with Gasteiger partial charge in [-0.05, 0) is 44.1 Å². The van der Waals surface area contributed by atoms with Gasteiger partial charge in [0, 0.05) is 12.1 Å². The van der Waals surface area contributed by atoms with Gasteiger partial charge in [0.25, 0.3) is 11.5 Å². The fourth-order valence-electron chi connectivity index (χ4n) is 2.96. The number of nitrogens with two attached hydrogens (primary N) is 1. The van der Waals surface area contributed by atoms with E-state index < -0.39 is 5.56 Å². The highest BCUT2D eigenvalue weighted by Crippen LogP contribution is 2.18. The SMILES string of the molecule is CCc1n[nH]c(=O)c(C(=O)NC2CCC(N)CC2)c1CC. The van der Waals surface area contributed by atoms with Gasteiger partial charge in [-0.1, -0.05) is 13.8 Å². The fourth-order valence-corrected chi connectivity index (χ4v) is 2.96. The molecule has 1 saturated carbocycles. The number of hydrogen-bond donors (Lipinski definition) is 3. The average molecular weight is 292 g/mol. The van der Waals surface area contributed by atoms with Crippen LogP contribution in [-0.4, -0.2) is 28.2 Å². The molecule has 1 heterocycles. The number of rotatable bonds is 4. The molecule has 116 valence electrons. The van der Waals surface area contributed by atoms with Crippen LogP contribution < -0.4 is 16.6 Å². The Bertz CT molecular complexity index is 559. The molecule has 6 nitrogen and oxygen atoms in total. The Hall–Kier alpha value is -1.69. The van der Waals surface area contributed by atoms with E-state index in [1.807, 2.05) is 13.8 Å². The predicted molar refractivity (Wildman–Crippen MR) is 81.3 cm³/mol. The maximum atomic E-state index is 12.5. The Kier molecular flexibility index (Phi) is 5.12. The molecule has 0 atom stereocenters. The number of aryl methyl sites for hydroxylation is 1. The predicted octanol–water partition coefficient (Wildman–Crippen LogP) is 0.894. The van der Waals surface area contributed by atoms with E-state index in [0.717, 1.165) is 36.9 Å². The van der Waals surface area contributed by atoms with Crippen molar-refractivity contribution in [3.8, 4) is 0 Å². The van der Waals surface area contributed by atoms with Crippen LogP contribution in [0.15, 0.2) is 4.79 Å². The van der Waals surface area contributed by atoms with Crippen LogP contribution in [0.1, 0.15) is 61.1 Å². The Morgan fingerprint density at radius 2 is 1.95 bits per heavy atom. The van der Waals surface area contributed by atoms with Crippen molar-refractivity contribution in [3.05, 3.63) is 27.2 Å². The van der Waals surface area contributed by atoms with Crippen molar-refractivity contribution in [2.75, 3.05) is 0 Å². The monoisotopic (exact) mass is 292 g/mol. The third kappa shape index (κ3) is 3.50. The molecule has 21 heavy (non-hydrogen) atoms. The molecular weight excluding hydrogens is 268 g/mol. The summed E-state index contributed by atoms with van der Waals surface area (Å²) < 4.78 is 0. The van der Waals surface area contributed by atoms with Crippen molar-refractivity contribution in [2.24, 2.45) is 5.73 Å². The number of carbonyl (C=O) groups excluding carboxylic acids is 1. The van der Waals surface area contributed by atoms with Gasteiger partial charge < -0.3 is 11.1 Å². The highest BCUT2D eigenvalue weighted by atomic mass is 16.2. The molecule has 0 bridgehead atoms. The summed E-state index contributed by atoms with van der Waals surface area (Å²) in [5, 5.41) is 9.45. The molecule has 2 rings (SSSR count). The number of aromatic amines is 1. The van der Waals surface area contributed by atoms with E-state index in [0.29, 0.717) is 12.8 Å². The van der Waals surface area contributed by atoms with E-state index in [1.165, 1.54) is 0 Å². The molecule has 6 heteroatoms. The molecule has 1 fully saturated rings. The van der Waals surface area contributed by atoms with Crippen molar-refractivity contribution in [1.29, 1.82) is 0 Å². The van der Waals surface area contributed by atoms with Crippen LogP contribution in [0, 0.1) is 0 Å². The summed E-state index contributed by atoms with van der Waals surface area (Å²) >= 11 is 0. The number of amides is 1. The third-order valence-corrected chi connectivity index (χ3v) is 4.19. The zero-order chi connectivity index (χ0) is 15.4. The van der Waals surface area contributed by atoms with Crippen molar-refractivity contribution < 1.29 is 4.79 Å². The van der Waals surface area contributed by atoms with E-state index in [-0.39, 0.29) is 23.6 Å². The van der Waals surface area contributed by atoms with Crippen LogP contribution in [0.2, 0.25) is 0 Å². The summed E-state index contributed by atoms with van der Waals surface area (Å²) in [6, 6.07) is 0.347. The Labute approximate surface area is 124 Å². The lowest BCUT2D eigenvalue weighted by molar-refractivity contribution is 0.0923. The first-order chi connectivity index (χ1) is 10.1. The normalized spacial score (nSPS) is 22.0. The second-order valence-corrected chi connectivity index (χ2v) is 5.65. The van der Waals surface area contributed by atoms with Crippen molar-refractivity contribution in [1.82, 2.24) is 15.5 Å². The minimum Gasteiger partial charge on any atom is -0.349 e. The van der Waals surface area contributed by atoms with Gasteiger partial charge in [0.05, 0.1) is 5.69 Å². The van der Waals surface area contributed by atoms with Crippen LogP contribution in [-0.2, 0) is 12.8 Å². The van der Waals surface area contributed by atoms with Gasteiger partial charge in [-0.15, -0.1) is 0 Å². The van der Waals surface area contributed by atoms with E-state index in [4.69, 9.17) is 5.73 Å². The van der Waals surface area contributed by atoms with Gasteiger partial charge in [-0.2, -0.15) is 5.10 Å². The minimum absolute atomic E-state index is 0.111. The highest BCUT2D eigenvalue weighted by molar-refractivity contribution is 5.95. The summed E-state index contributed by atoms with van der Waals surface area (Å²) in [4.78, 5) is 24.5. The maximum absolute atomic E-state index is 12.5. The standard InChI is InChI=1S/C15H24N4O2/c1-3-11-12(4-2)18-19-15(21)13(11)14(20)17-10-7-5-9(16)6-8-10/h9-10H,3-8,16H2,1-2H3,(H,17,20)(H,19,21). The molecule has 1 amide bonds. The molecule has 0 aromatic carbocycles. The topological polar surface area (TPSA) is 101 Å². The number of aromatic nitrogens is 2. The van der Waals surface area contributed by atoms with E-state index in [1.54, 1.807) is 0 Å². The summed E-state index contributed by atoms with van der Waals surface area (Å²) in [7, 11) is 0. The summed E-state index contributed by atoms with van der Waals surface area (Å²) in [5.74, 6) is -0.286. The van der Waals surface area contributed by atoms with Crippen LogP contribution >= 0.6 is 0 Å². The van der Waals surface area contributed by atoms with E-state index in [9.17, 15) is 9.59 Å². The van der Waals surface area contributed by atoms with Crippen LogP contribution in [0.5, 0.6) is 0 Å². The third-order valence-electron chi connectivity index (χ3n) is 4.19. The summed E-state index contributed by atoms with van der Waals surface area (Å²) in [6.07, 6.45) is 4.89. The molecule has 4 N–H and O–H groups in total. The molecule has 0 unspecified atom stereocenters. The lowest BCUT2D eigenvalue weighted by atomic mass is 9.91. The lowest BCUT2D eigenvalue weighted by Gasteiger charge is -2.27. The summed E-state index contributed by atoms with van der Waals surface area (Å²) in [5.41, 5.74) is 7.22. The molecule has 0 aliphatic heterocycles. The van der Waals surface area contributed by atoms with Gasteiger partial charge in [0.15, 0.2) is 0 Å². The zero-order valence-electron chi connectivity index (χ0n) is 12.7. The van der Waals surface area contributed by atoms with E-state index >= 15 is 0 Å². The molecular formula is C15H24N4O2. The first kappa shape index (κ1) is 15.7. The molecule has 0 saturated heterocycles. The number of hydrogen-bond acceptors (Lipinski definition) is 4. The quantitative estimate of drug-likeness (QED) is 0.767. The smallest absolute Gasteiger partial charge is 0.277 e. The van der Waals surface area contributed by atoms with Gasteiger partial charge >= 0.3 is 0 Å². The van der Waals surface area contributed by atoms with E-state index in [2.05, 4.69) is 15.5 Å². The van der Waals surface area contributed by atoms with Crippen LogP contribution in [0.25, 0.3) is 0 Å². The first-order valence-electron chi connectivity index (χ1n) is 7.73. The maximum Gasteiger partial charge on any atom is 0.277 e. The first-order valence-corrected chi connectivity index (χ1v) is 7.73. The Morgan fingerprint density at radius 3 is 2.52 bits per heavy atom. The van der Waals surface area contributed by atoms with Crippen LogP contribution in [0.4, 0.5) is 0 Å². The molecule has 1 aromatic heterocycles. The number of nitrogens with zero attached hydrogens (tertiary/aromatic N) is 1. The number of nitrogens with one attached hydrogen (secondary N) is 2. The zero-order valence-corrected chi connectivity index (χ0v) is 12.7. The second-order valence-electron chi connectivity index (χ2n) is 5.65. The van der Waals surface area contributed by atoms with Gasteiger partial charge in [-0.3, -0.25) is 9.59 Å². The Morgan fingerprint density at radius 1 is 1.29 bits per heavy atom. The van der Waals surface area contributed by atoms with Gasteiger partial charge in [-0.25, -0.2) is 5.10 Å². The fraction of sp³-hybridized carbons (Fsp3) is 0.667. The average Bonchev–Trinajstić information content (AvgIpc) is 2.48. The molecule has 1 aliphatic rings. The molecule has 0 spiro atoms. The largest absolute Gasteiger partial charge is 0.349 e. The number of H-pyrrole nitrogens is 1. The second kappa shape index (κ2) is 6.85. The van der Waals surface area contributed by atoms with Gasteiger partial charge in [0.1, 0.15) is 5.56 Å². The molecule has 1 aromatic rings. The van der Waals surface area contributed by atoms with Crippen molar-refractivity contribution >= 4 is 5.91 Å².